The number of nitrogens with one attached hydrogen (secondary N) is 1. The van der Waals surface area contributed by atoms with Crippen LogP contribution in [0.25, 0.3) is 0 Å². The van der Waals surface area contributed by atoms with E-state index < -0.39 is 0 Å². The van der Waals surface area contributed by atoms with Crippen LogP contribution < -0.4 is 0 Å². The van der Waals surface area contributed by atoms with E-state index in [0.717, 1.165) is 17.5 Å². The van der Waals surface area contributed by atoms with Crippen molar-refractivity contribution >= 4 is 0 Å². The van der Waals surface area contributed by atoms with Gasteiger partial charge in [-0.2, -0.15) is 20.4 Å². The third kappa shape index (κ3) is 20.8. The maximum atomic E-state index is 4.19. The van der Waals surface area contributed by atoms with Gasteiger partial charge in [-0.1, -0.05) is 76.5 Å². The number of rotatable bonds is 0. The first-order valence-electron chi connectivity index (χ1n) is 15.6. The van der Waals surface area contributed by atoms with E-state index in [-0.39, 0.29) is 57.2 Å². The summed E-state index contributed by atoms with van der Waals surface area (Å²) in [7, 11) is 1.88. The van der Waals surface area contributed by atoms with E-state index in [1.54, 1.807) is 36.2 Å². The van der Waals surface area contributed by atoms with Crippen LogP contribution in [0, 0.1) is 6.92 Å². The smallest absolute Gasteiger partial charge is 0.155 e. The minimum Gasteiger partial charge on any atom is -0.263 e. The lowest BCUT2D eigenvalue weighted by atomic mass is 9.96. The zero-order valence-electron chi connectivity index (χ0n) is 31.8. The highest BCUT2D eigenvalue weighted by Gasteiger charge is 2.18. The highest BCUT2D eigenvalue weighted by atomic mass is 15.4. The first kappa shape index (κ1) is 53.5. The molecule has 0 aliphatic rings. The average Bonchev–Trinajstić information content (AvgIpc) is 3.72. The van der Waals surface area contributed by atoms with Gasteiger partial charge in [0, 0.05) is 24.1 Å². The summed E-state index contributed by atoms with van der Waals surface area (Å²) in [5.41, 5.74) is 0.353. The summed E-state index contributed by atoms with van der Waals surface area (Å²) in [6.07, 6.45) is 11.8. The number of hydrogen-bond acceptors (Lipinski definition) is 10. The van der Waals surface area contributed by atoms with Crippen LogP contribution in [0.5, 0.6) is 0 Å². The molecule has 51 heavy (non-hydrogen) atoms. The minimum atomic E-state index is 0. The summed E-state index contributed by atoms with van der Waals surface area (Å²) >= 11 is 0. The fourth-order valence-corrected chi connectivity index (χ4v) is 3.04. The van der Waals surface area contributed by atoms with Gasteiger partial charge in [-0.25, -0.2) is 34.0 Å². The van der Waals surface area contributed by atoms with Gasteiger partial charge in [0.2, 0.25) is 0 Å². The maximum absolute atomic E-state index is 4.19. The van der Waals surface area contributed by atoms with E-state index in [4.69, 9.17) is 0 Å². The standard InChI is InChI=1S/2C7H13N3.3C6H11N3.4CH4/c1-7(2,3)6-8-5-10(4)9-6;1-6-8-5-10(9-6)7(2,3)4;1-6(2,3)9-5-7-4-8-9;1-6(2,3)5-7-4-8-9-5;1-6(2,3)9-5-4-7-8-9;;;;/h2*5H,1-4H3;4-5H,1-3H3;4H,1-3H3,(H,7,8,9);4-5H,1-3H3;4*1H4. The molecule has 0 aliphatic heterocycles. The van der Waals surface area contributed by atoms with Crippen molar-refractivity contribution in [1.82, 2.24) is 74.5 Å². The highest BCUT2D eigenvalue weighted by molar-refractivity contribution is 4.98. The largest absolute Gasteiger partial charge is 0.263 e. The third-order valence-corrected chi connectivity index (χ3v) is 5.91. The summed E-state index contributed by atoms with van der Waals surface area (Å²) in [5.74, 6) is 2.66. The molecule has 5 aromatic heterocycles. The van der Waals surface area contributed by atoms with E-state index in [1.165, 1.54) is 6.33 Å². The molecule has 5 rings (SSSR count). The Balaban J connectivity index is -0.000000266. The second-order valence-corrected chi connectivity index (χ2v) is 16.0. The summed E-state index contributed by atoms with van der Waals surface area (Å²) in [4.78, 5) is 16.0. The van der Waals surface area contributed by atoms with Gasteiger partial charge in [-0.05, 0) is 69.2 Å². The quantitative estimate of drug-likeness (QED) is 0.165. The summed E-state index contributed by atoms with van der Waals surface area (Å²) in [5, 5.41) is 26.5. The molecule has 0 amide bonds. The van der Waals surface area contributed by atoms with Crippen molar-refractivity contribution in [1.29, 1.82) is 0 Å². The molecule has 0 aliphatic carbocycles. The van der Waals surface area contributed by atoms with E-state index in [0.29, 0.717) is 0 Å². The van der Waals surface area contributed by atoms with Gasteiger partial charge in [-0.3, -0.25) is 9.78 Å². The number of H-pyrrole nitrogens is 1. The van der Waals surface area contributed by atoms with Crippen LogP contribution in [0.15, 0.2) is 44.0 Å². The molecule has 0 aromatic carbocycles. The zero-order chi connectivity index (χ0) is 36.3. The number of aryl methyl sites for hydroxylation is 2. The molecule has 0 atom stereocenters. The number of aromatic amines is 1. The van der Waals surface area contributed by atoms with Crippen molar-refractivity contribution in [3.63, 3.8) is 0 Å². The van der Waals surface area contributed by atoms with Gasteiger partial charge < -0.3 is 0 Å². The van der Waals surface area contributed by atoms with Gasteiger partial charge in [0.05, 0.1) is 22.8 Å². The number of hydrogen-bond donors (Lipinski definition) is 1. The molecule has 0 fully saturated rings. The molecular weight excluding hydrogens is 643 g/mol. The highest BCUT2D eigenvalue weighted by Crippen LogP contribution is 2.17. The fourth-order valence-electron chi connectivity index (χ4n) is 3.04. The normalized spacial score (nSPS) is 11.0. The molecular formula is C36H75N15. The molecule has 0 unspecified atom stereocenters. The number of aromatic nitrogens is 15. The topological polar surface area (TPSA) is 164 Å². The Hall–Kier alpha value is -4.30. The molecule has 5 aromatic rings. The van der Waals surface area contributed by atoms with E-state index >= 15 is 0 Å². The van der Waals surface area contributed by atoms with Crippen molar-refractivity contribution in [3.05, 3.63) is 61.5 Å². The van der Waals surface area contributed by atoms with Crippen LogP contribution in [-0.4, -0.2) is 74.5 Å². The molecule has 0 radical (unpaired) electrons. The Morgan fingerprint density at radius 2 is 1.14 bits per heavy atom. The predicted octanol–water partition coefficient (Wildman–Crippen LogP) is 8.17. The summed E-state index contributed by atoms with van der Waals surface area (Å²) in [6, 6.07) is 0. The van der Waals surface area contributed by atoms with Crippen molar-refractivity contribution in [2.75, 3.05) is 0 Å². The third-order valence-electron chi connectivity index (χ3n) is 5.91. The van der Waals surface area contributed by atoms with Crippen LogP contribution in [0.4, 0.5) is 0 Å². The molecule has 0 saturated heterocycles. The second kappa shape index (κ2) is 21.8. The van der Waals surface area contributed by atoms with E-state index in [2.05, 4.69) is 160 Å². The van der Waals surface area contributed by atoms with Gasteiger partial charge in [0.1, 0.15) is 43.3 Å². The maximum Gasteiger partial charge on any atom is 0.155 e. The molecule has 0 saturated carbocycles. The first-order chi connectivity index (χ1) is 21.3. The Kier molecular flexibility index (Phi) is 22.9. The molecule has 0 spiro atoms. The molecule has 15 nitrogen and oxygen atoms in total. The van der Waals surface area contributed by atoms with Crippen LogP contribution >= 0.6 is 0 Å². The lowest BCUT2D eigenvalue weighted by Gasteiger charge is -2.17. The monoisotopic (exact) mass is 718 g/mol. The molecule has 0 bridgehead atoms. The van der Waals surface area contributed by atoms with E-state index in [1.807, 2.05) is 34.2 Å². The molecule has 1 N–H and O–H groups in total. The lowest BCUT2D eigenvalue weighted by molar-refractivity contribution is 0.347. The Morgan fingerprint density at radius 1 is 0.588 bits per heavy atom. The first-order valence-corrected chi connectivity index (χ1v) is 15.6. The minimum absolute atomic E-state index is 0. The van der Waals surface area contributed by atoms with Gasteiger partial charge in [-0.15, -0.1) is 5.10 Å². The average molecular weight is 718 g/mol. The van der Waals surface area contributed by atoms with Crippen LogP contribution in [0.2, 0.25) is 0 Å². The molecule has 294 valence electrons. The van der Waals surface area contributed by atoms with Crippen molar-refractivity contribution in [2.24, 2.45) is 7.05 Å². The number of nitrogens with zero attached hydrogens (tertiary/aromatic N) is 14. The van der Waals surface area contributed by atoms with Crippen molar-refractivity contribution < 1.29 is 0 Å². The van der Waals surface area contributed by atoms with E-state index in [9.17, 15) is 0 Å². The summed E-state index contributed by atoms with van der Waals surface area (Å²) < 4.78 is 7.24. The van der Waals surface area contributed by atoms with Crippen molar-refractivity contribution in [3.8, 4) is 0 Å². The Labute approximate surface area is 310 Å². The van der Waals surface area contributed by atoms with Gasteiger partial charge in [0.25, 0.3) is 0 Å². The van der Waals surface area contributed by atoms with Gasteiger partial charge >= 0.3 is 0 Å². The van der Waals surface area contributed by atoms with Crippen molar-refractivity contribution in [2.45, 2.75) is 168 Å². The van der Waals surface area contributed by atoms with Crippen LogP contribution in [-0.2, 0) is 34.5 Å². The van der Waals surface area contributed by atoms with Crippen LogP contribution in [0.1, 0.15) is 151 Å². The molecule has 15 heteroatoms. The fraction of sp³-hybridized carbons (Fsp3) is 0.722. The second-order valence-electron chi connectivity index (χ2n) is 16.0. The van der Waals surface area contributed by atoms with Gasteiger partial charge in [0.15, 0.2) is 5.82 Å². The Bertz CT molecular complexity index is 1340. The summed E-state index contributed by atoms with van der Waals surface area (Å²) in [6.45, 7) is 33.3. The van der Waals surface area contributed by atoms with Crippen LogP contribution in [0.3, 0.4) is 0 Å². The zero-order valence-corrected chi connectivity index (χ0v) is 31.8. The predicted molar refractivity (Wildman–Crippen MR) is 212 cm³/mol. The lowest BCUT2D eigenvalue weighted by Crippen LogP contribution is -2.22. The molecule has 5 heterocycles. The Morgan fingerprint density at radius 3 is 1.33 bits per heavy atom. The SMILES string of the molecule is C.C.C.C.CC(C)(C)c1ncn[nH]1.CC(C)(C)n1ccnn1.CC(C)(C)n1cncn1.Cc1ncn(C(C)(C)C)n1.Cn1cnc(C(C)(C)C)n1.